The van der Waals surface area contributed by atoms with E-state index < -0.39 is 0 Å². The second kappa shape index (κ2) is 5.40. The summed E-state index contributed by atoms with van der Waals surface area (Å²) in [6.07, 6.45) is 0. The van der Waals surface area contributed by atoms with E-state index >= 15 is 0 Å². The van der Waals surface area contributed by atoms with Crippen molar-refractivity contribution in [1.29, 1.82) is 0 Å². The minimum atomic E-state index is 0.370. The van der Waals surface area contributed by atoms with E-state index in [9.17, 15) is 0 Å². The van der Waals surface area contributed by atoms with Crippen LogP contribution in [0, 0.1) is 0 Å². The molecule has 1 aromatic carbocycles. The van der Waals surface area contributed by atoms with Crippen LogP contribution in [-0.2, 0) is 11.4 Å². The van der Waals surface area contributed by atoms with Gasteiger partial charge < -0.3 is 0 Å². The normalized spacial score (nSPS) is 11.1. The first-order valence-electron chi connectivity index (χ1n) is 5.57. The summed E-state index contributed by atoms with van der Waals surface area (Å²) in [4.78, 5) is 9.03. The molecule has 2 N–H and O–H groups in total. The topological polar surface area (TPSA) is 48.1 Å². The highest BCUT2D eigenvalue weighted by atomic mass is 32.1. The summed E-state index contributed by atoms with van der Waals surface area (Å²) in [5.41, 5.74) is 3.46. The summed E-state index contributed by atoms with van der Waals surface area (Å²) in [6.45, 7) is 4.75. The van der Waals surface area contributed by atoms with Gasteiger partial charge in [0.1, 0.15) is 11.6 Å². The lowest BCUT2D eigenvalue weighted by molar-refractivity contribution is 0.124. The van der Waals surface area contributed by atoms with Crippen LogP contribution in [0.1, 0.15) is 30.3 Å². The summed E-state index contributed by atoms with van der Waals surface area (Å²) in [5.74, 6) is 5.58. The maximum Gasteiger partial charge on any atom is 0.121 e. The molecule has 4 heteroatoms. The average Bonchev–Trinajstić information content (AvgIpc) is 2.78. The Bertz CT molecular complexity index is 476. The summed E-state index contributed by atoms with van der Waals surface area (Å²) in [5, 5.41) is 2.93. The molecule has 0 radical (unpaired) electrons. The molecule has 0 atom stereocenters. The molecule has 0 amide bonds. The summed E-state index contributed by atoms with van der Waals surface area (Å²) in [7, 11) is 0. The number of hydrogen-bond acceptors (Lipinski definition) is 4. The monoisotopic (exact) mass is 248 g/mol. The Morgan fingerprint density at radius 2 is 2.00 bits per heavy atom. The van der Waals surface area contributed by atoms with Gasteiger partial charge >= 0.3 is 0 Å². The lowest BCUT2D eigenvalue weighted by atomic mass is 10.0. The standard InChI is InChI=1S/C13H16N2OS/c1-9(2)10-3-5-11(6-4-10)12-8-17-13(15-12)7-16-14/h3-6,8-9H,7,14H2,1-2H3. The van der Waals surface area contributed by atoms with Crippen molar-refractivity contribution in [2.24, 2.45) is 5.90 Å². The lowest BCUT2D eigenvalue weighted by Crippen LogP contribution is -1.98. The molecule has 0 aliphatic carbocycles. The summed E-state index contributed by atoms with van der Waals surface area (Å²) >= 11 is 1.56. The van der Waals surface area contributed by atoms with E-state index in [1.165, 1.54) is 5.56 Å². The third kappa shape index (κ3) is 2.91. The Morgan fingerprint density at radius 3 is 2.59 bits per heavy atom. The van der Waals surface area contributed by atoms with Crippen LogP contribution in [0.3, 0.4) is 0 Å². The molecule has 0 aliphatic heterocycles. The van der Waals surface area contributed by atoms with Crippen molar-refractivity contribution in [3.05, 3.63) is 40.2 Å². The highest BCUT2D eigenvalue weighted by Crippen LogP contribution is 2.24. The zero-order valence-corrected chi connectivity index (χ0v) is 10.8. The first kappa shape index (κ1) is 12.2. The van der Waals surface area contributed by atoms with Gasteiger partial charge in [0.15, 0.2) is 0 Å². The van der Waals surface area contributed by atoms with Gasteiger partial charge in [0.05, 0.1) is 5.69 Å². The predicted molar refractivity (Wildman–Crippen MR) is 70.6 cm³/mol. The van der Waals surface area contributed by atoms with Crippen LogP contribution >= 0.6 is 11.3 Å². The van der Waals surface area contributed by atoms with Crippen LogP contribution in [-0.4, -0.2) is 4.98 Å². The third-order valence-corrected chi connectivity index (χ3v) is 3.45. The number of hydrogen-bond donors (Lipinski definition) is 1. The Balaban J connectivity index is 2.21. The minimum Gasteiger partial charge on any atom is -0.297 e. The summed E-state index contributed by atoms with van der Waals surface area (Å²) < 4.78 is 0. The predicted octanol–water partition coefficient (Wildman–Crippen LogP) is 3.32. The van der Waals surface area contributed by atoms with Gasteiger partial charge in [0.2, 0.25) is 0 Å². The number of thiazole rings is 1. The molecular formula is C13H16N2OS. The maximum atomic E-state index is 5.03. The number of nitrogens with zero attached hydrogens (tertiary/aromatic N) is 1. The highest BCUT2D eigenvalue weighted by molar-refractivity contribution is 7.09. The molecule has 90 valence electrons. The Labute approximate surface area is 105 Å². The molecule has 0 aliphatic rings. The second-order valence-corrected chi connectivity index (χ2v) is 5.16. The van der Waals surface area contributed by atoms with Gasteiger partial charge in [-0.1, -0.05) is 38.1 Å². The number of nitrogens with two attached hydrogens (primary N) is 1. The van der Waals surface area contributed by atoms with Crippen molar-refractivity contribution in [3.63, 3.8) is 0 Å². The van der Waals surface area contributed by atoms with Crippen molar-refractivity contribution in [1.82, 2.24) is 4.98 Å². The average molecular weight is 248 g/mol. The number of benzene rings is 1. The van der Waals surface area contributed by atoms with Gasteiger partial charge in [-0.25, -0.2) is 10.9 Å². The van der Waals surface area contributed by atoms with E-state index in [1.54, 1.807) is 11.3 Å². The van der Waals surface area contributed by atoms with E-state index in [0.29, 0.717) is 12.5 Å². The number of rotatable bonds is 4. The fourth-order valence-corrected chi connectivity index (χ4v) is 2.34. The third-order valence-electron chi connectivity index (χ3n) is 2.63. The van der Waals surface area contributed by atoms with Crippen LogP contribution in [0.15, 0.2) is 29.6 Å². The van der Waals surface area contributed by atoms with Gasteiger partial charge in [-0.2, -0.15) is 0 Å². The number of aromatic nitrogens is 1. The largest absolute Gasteiger partial charge is 0.297 e. The van der Waals surface area contributed by atoms with Gasteiger partial charge in [0.25, 0.3) is 0 Å². The van der Waals surface area contributed by atoms with Crippen molar-refractivity contribution in [3.8, 4) is 11.3 Å². The summed E-state index contributed by atoms with van der Waals surface area (Å²) in [6, 6.07) is 8.52. The highest BCUT2D eigenvalue weighted by Gasteiger charge is 2.05. The first-order valence-corrected chi connectivity index (χ1v) is 6.45. The fraction of sp³-hybridized carbons (Fsp3) is 0.308. The van der Waals surface area contributed by atoms with Crippen molar-refractivity contribution in [2.45, 2.75) is 26.4 Å². The minimum absolute atomic E-state index is 0.370. The molecule has 3 nitrogen and oxygen atoms in total. The fourth-order valence-electron chi connectivity index (χ4n) is 1.62. The molecule has 1 aromatic heterocycles. The SMILES string of the molecule is CC(C)c1ccc(-c2csc(CON)n2)cc1. The van der Waals surface area contributed by atoms with Gasteiger partial charge in [-0.15, -0.1) is 11.3 Å². The van der Waals surface area contributed by atoms with Gasteiger partial charge in [-0.05, 0) is 11.5 Å². The molecule has 0 saturated carbocycles. The molecular weight excluding hydrogens is 232 g/mol. The smallest absolute Gasteiger partial charge is 0.121 e. The zero-order valence-electron chi connectivity index (χ0n) is 10.0. The van der Waals surface area contributed by atoms with Crippen molar-refractivity contribution in [2.75, 3.05) is 0 Å². The zero-order chi connectivity index (χ0) is 12.3. The van der Waals surface area contributed by atoms with E-state index in [0.717, 1.165) is 16.3 Å². The van der Waals surface area contributed by atoms with Crippen LogP contribution in [0.4, 0.5) is 0 Å². The molecule has 0 unspecified atom stereocenters. The lowest BCUT2D eigenvalue weighted by Gasteiger charge is -2.05. The Hall–Kier alpha value is -1.23. The second-order valence-electron chi connectivity index (χ2n) is 4.21. The van der Waals surface area contributed by atoms with E-state index in [4.69, 9.17) is 5.90 Å². The molecule has 0 spiro atoms. The molecule has 0 saturated heterocycles. The van der Waals surface area contributed by atoms with Crippen LogP contribution in [0.2, 0.25) is 0 Å². The maximum absolute atomic E-state index is 5.03. The quantitative estimate of drug-likeness (QED) is 0.844. The van der Waals surface area contributed by atoms with Crippen molar-refractivity contribution < 1.29 is 4.84 Å². The van der Waals surface area contributed by atoms with Gasteiger partial charge in [-0.3, -0.25) is 4.84 Å². The molecule has 2 rings (SSSR count). The van der Waals surface area contributed by atoms with E-state index in [2.05, 4.69) is 47.9 Å². The molecule has 0 bridgehead atoms. The molecule has 1 heterocycles. The Kier molecular flexibility index (Phi) is 3.89. The Morgan fingerprint density at radius 1 is 1.29 bits per heavy atom. The van der Waals surface area contributed by atoms with Crippen LogP contribution in [0.5, 0.6) is 0 Å². The van der Waals surface area contributed by atoms with Gasteiger partial charge in [0, 0.05) is 10.9 Å². The molecule has 2 aromatic rings. The molecule has 0 fully saturated rings. The van der Waals surface area contributed by atoms with Crippen molar-refractivity contribution >= 4 is 11.3 Å². The van der Waals surface area contributed by atoms with E-state index in [1.807, 2.05) is 5.38 Å². The van der Waals surface area contributed by atoms with Crippen LogP contribution in [0.25, 0.3) is 11.3 Å². The first-order chi connectivity index (χ1) is 8.20. The van der Waals surface area contributed by atoms with E-state index in [-0.39, 0.29) is 0 Å². The molecule has 17 heavy (non-hydrogen) atoms. The van der Waals surface area contributed by atoms with Crippen LogP contribution < -0.4 is 5.90 Å².